The third kappa shape index (κ3) is 5.60. The van der Waals surface area contributed by atoms with Gasteiger partial charge in [0.05, 0.1) is 5.41 Å². The van der Waals surface area contributed by atoms with Crippen LogP contribution < -0.4 is 11.1 Å². The number of hydrogen-bond acceptors (Lipinski definition) is 4. The molecule has 0 saturated carbocycles. The van der Waals surface area contributed by atoms with Gasteiger partial charge in [0, 0.05) is 31.4 Å². The van der Waals surface area contributed by atoms with Gasteiger partial charge in [-0.3, -0.25) is 9.59 Å². The normalized spacial score (nSPS) is 19.2. The number of carbonyl (C=O) groups is 2. The van der Waals surface area contributed by atoms with Crippen LogP contribution in [-0.4, -0.2) is 49.6 Å². The summed E-state index contributed by atoms with van der Waals surface area (Å²) >= 11 is 0. The molecule has 176 valence electrons. The minimum Gasteiger partial charge on any atom is -0.381 e. The molecule has 6 nitrogen and oxygen atoms in total. The second-order valence-corrected chi connectivity index (χ2v) is 9.12. The number of rotatable bonds is 7. The topological polar surface area (TPSA) is 84.7 Å². The summed E-state index contributed by atoms with van der Waals surface area (Å²) < 4.78 is 19.4. The summed E-state index contributed by atoms with van der Waals surface area (Å²) in [5, 5.41) is 3.05. The Morgan fingerprint density at radius 1 is 1.09 bits per heavy atom. The molecule has 2 aromatic carbocycles. The lowest BCUT2D eigenvalue weighted by Gasteiger charge is -2.36. The number of likely N-dealkylation sites (tertiary alicyclic amines) is 1. The fraction of sp³-hybridized carbons (Fsp3) is 0.462. The Morgan fingerprint density at radius 3 is 2.42 bits per heavy atom. The molecule has 0 unspecified atom stereocenters. The van der Waals surface area contributed by atoms with Crippen LogP contribution in [-0.2, 0) is 26.2 Å². The highest BCUT2D eigenvalue weighted by Gasteiger charge is 2.42. The third-order valence-corrected chi connectivity index (χ3v) is 7.08. The van der Waals surface area contributed by atoms with E-state index in [9.17, 15) is 14.0 Å². The van der Waals surface area contributed by atoms with Crippen molar-refractivity contribution in [2.75, 3.05) is 38.2 Å². The van der Waals surface area contributed by atoms with E-state index in [0.29, 0.717) is 31.6 Å². The van der Waals surface area contributed by atoms with Gasteiger partial charge < -0.3 is 20.7 Å². The molecule has 0 aromatic heterocycles. The van der Waals surface area contributed by atoms with Crippen LogP contribution in [0.5, 0.6) is 0 Å². The van der Waals surface area contributed by atoms with Crippen molar-refractivity contribution >= 4 is 17.5 Å². The van der Waals surface area contributed by atoms with Gasteiger partial charge in [-0.05, 0) is 80.6 Å². The maximum Gasteiger partial charge on any atom is 0.235 e. The van der Waals surface area contributed by atoms with Gasteiger partial charge in [0.2, 0.25) is 11.8 Å². The average molecular weight is 454 g/mol. The molecule has 2 aliphatic heterocycles. The van der Waals surface area contributed by atoms with Crippen LogP contribution in [0.25, 0.3) is 0 Å². The second-order valence-electron chi connectivity index (χ2n) is 9.12. The maximum absolute atomic E-state index is 13.9. The Labute approximate surface area is 194 Å². The number of amides is 2. The van der Waals surface area contributed by atoms with E-state index in [-0.39, 0.29) is 23.5 Å². The monoisotopic (exact) mass is 453 g/mol. The van der Waals surface area contributed by atoms with E-state index in [1.165, 1.54) is 17.7 Å². The summed E-state index contributed by atoms with van der Waals surface area (Å²) in [7, 11) is 0. The SMILES string of the molecule is NC(=O)C1CCN(CCc2ccc(NC(=O)C3(c4cccc(F)c4)CCOCC3)cc2)CC1. The van der Waals surface area contributed by atoms with E-state index < -0.39 is 5.41 Å². The van der Waals surface area contributed by atoms with E-state index in [0.717, 1.165) is 44.6 Å². The van der Waals surface area contributed by atoms with E-state index in [1.54, 1.807) is 6.07 Å². The molecular weight excluding hydrogens is 421 g/mol. The van der Waals surface area contributed by atoms with Gasteiger partial charge >= 0.3 is 0 Å². The highest BCUT2D eigenvalue weighted by molar-refractivity contribution is 5.99. The standard InChI is InChI=1S/C26H32FN3O3/c27-22-3-1-2-21(18-22)26(11-16-33-17-12-26)25(32)29-23-6-4-19(5-7-23)8-13-30-14-9-20(10-15-30)24(28)31/h1-7,18,20H,8-17H2,(H2,28,31)(H,29,32). The summed E-state index contributed by atoms with van der Waals surface area (Å²) in [5.41, 5.74) is 7.23. The first-order chi connectivity index (χ1) is 16.0. The van der Waals surface area contributed by atoms with Crippen molar-refractivity contribution < 1.29 is 18.7 Å². The van der Waals surface area contributed by atoms with Gasteiger partial charge in [0.1, 0.15) is 5.82 Å². The fourth-order valence-electron chi connectivity index (χ4n) is 4.89. The molecule has 3 N–H and O–H groups in total. The van der Waals surface area contributed by atoms with Gasteiger partial charge in [0.25, 0.3) is 0 Å². The number of primary amides is 1. The summed E-state index contributed by atoms with van der Waals surface area (Å²) in [5.74, 6) is -0.640. The average Bonchev–Trinajstić information content (AvgIpc) is 2.84. The minimum atomic E-state index is -0.796. The second kappa shape index (κ2) is 10.4. The Hall–Kier alpha value is -2.77. The van der Waals surface area contributed by atoms with Crippen molar-refractivity contribution in [1.29, 1.82) is 0 Å². The van der Waals surface area contributed by atoms with Crippen LogP contribution in [0, 0.1) is 11.7 Å². The fourth-order valence-corrected chi connectivity index (χ4v) is 4.89. The zero-order valence-corrected chi connectivity index (χ0v) is 18.9. The first-order valence-electron chi connectivity index (χ1n) is 11.7. The van der Waals surface area contributed by atoms with Crippen molar-refractivity contribution in [3.8, 4) is 0 Å². The number of hydrogen-bond donors (Lipinski definition) is 2. The van der Waals surface area contributed by atoms with Gasteiger partial charge in [0.15, 0.2) is 0 Å². The number of piperidine rings is 1. The molecule has 0 atom stereocenters. The summed E-state index contributed by atoms with van der Waals surface area (Å²) in [4.78, 5) is 27.0. The van der Waals surface area contributed by atoms with Crippen molar-refractivity contribution in [3.05, 3.63) is 65.5 Å². The van der Waals surface area contributed by atoms with Crippen LogP contribution in [0.15, 0.2) is 48.5 Å². The van der Waals surface area contributed by atoms with Crippen molar-refractivity contribution in [2.45, 2.75) is 37.5 Å². The zero-order valence-electron chi connectivity index (χ0n) is 18.9. The van der Waals surface area contributed by atoms with Crippen molar-refractivity contribution in [2.24, 2.45) is 11.7 Å². The van der Waals surface area contributed by atoms with E-state index in [1.807, 2.05) is 30.3 Å². The first-order valence-corrected chi connectivity index (χ1v) is 11.7. The summed E-state index contributed by atoms with van der Waals surface area (Å²) in [6.07, 6.45) is 3.61. The van der Waals surface area contributed by atoms with Crippen molar-refractivity contribution in [3.63, 3.8) is 0 Å². The third-order valence-electron chi connectivity index (χ3n) is 7.08. The van der Waals surface area contributed by atoms with Crippen LogP contribution >= 0.6 is 0 Å². The van der Waals surface area contributed by atoms with Gasteiger partial charge in [-0.2, -0.15) is 0 Å². The number of nitrogens with zero attached hydrogens (tertiary/aromatic N) is 1. The smallest absolute Gasteiger partial charge is 0.235 e. The van der Waals surface area contributed by atoms with E-state index in [2.05, 4.69) is 10.2 Å². The molecule has 2 aromatic rings. The molecule has 2 saturated heterocycles. The van der Waals surface area contributed by atoms with Gasteiger partial charge in [-0.15, -0.1) is 0 Å². The molecule has 0 aliphatic carbocycles. The number of halogens is 1. The number of benzene rings is 2. The van der Waals surface area contributed by atoms with Crippen molar-refractivity contribution in [1.82, 2.24) is 4.90 Å². The van der Waals surface area contributed by atoms with Gasteiger partial charge in [-0.25, -0.2) is 4.39 Å². The predicted octanol–water partition coefficient (Wildman–Crippen LogP) is 3.25. The Morgan fingerprint density at radius 2 is 1.79 bits per heavy atom. The molecule has 0 radical (unpaired) electrons. The molecule has 2 amide bonds. The Bertz CT molecular complexity index is 965. The molecule has 0 spiro atoms. The lowest BCUT2D eigenvalue weighted by Crippen LogP contribution is -2.44. The molecule has 4 rings (SSSR count). The summed E-state index contributed by atoms with van der Waals surface area (Å²) in [6, 6.07) is 14.2. The summed E-state index contributed by atoms with van der Waals surface area (Å²) in [6.45, 7) is 3.67. The number of anilines is 1. The molecule has 0 bridgehead atoms. The molecule has 2 aliphatic rings. The zero-order chi connectivity index (χ0) is 23.3. The number of nitrogens with one attached hydrogen (secondary N) is 1. The van der Waals surface area contributed by atoms with Crippen LogP contribution in [0.1, 0.15) is 36.8 Å². The van der Waals surface area contributed by atoms with Gasteiger partial charge in [-0.1, -0.05) is 24.3 Å². The molecule has 7 heteroatoms. The maximum atomic E-state index is 13.9. The van der Waals surface area contributed by atoms with E-state index in [4.69, 9.17) is 10.5 Å². The molecular formula is C26H32FN3O3. The largest absolute Gasteiger partial charge is 0.381 e. The number of carbonyl (C=O) groups excluding carboxylic acids is 2. The lowest BCUT2D eigenvalue weighted by atomic mass is 9.73. The van der Waals surface area contributed by atoms with Crippen LogP contribution in [0.4, 0.5) is 10.1 Å². The highest BCUT2D eigenvalue weighted by atomic mass is 19.1. The molecule has 33 heavy (non-hydrogen) atoms. The highest BCUT2D eigenvalue weighted by Crippen LogP contribution is 2.36. The molecule has 2 fully saturated rings. The first kappa shape index (κ1) is 23.4. The van der Waals surface area contributed by atoms with Crippen LogP contribution in [0.3, 0.4) is 0 Å². The number of nitrogens with two attached hydrogens (primary N) is 1. The Kier molecular flexibility index (Phi) is 7.40. The predicted molar refractivity (Wildman–Crippen MR) is 125 cm³/mol. The van der Waals surface area contributed by atoms with E-state index >= 15 is 0 Å². The van der Waals surface area contributed by atoms with Crippen LogP contribution in [0.2, 0.25) is 0 Å². The lowest BCUT2D eigenvalue weighted by molar-refractivity contribution is -0.125. The molecule has 2 heterocycles. The number of ether oxygens (including phenoxy) is 1. The minimum absolute atomic E-state index is 0.00976. The Balaban J connectivity index is 1.36. The quantitative estimate of drug-likeness (QED) is 0.674.